The zero-order valence-electron chi connectivity index (χ0n) is 17.4. The summed E-state index contributed by atoms with van der Waals surface area (Å²) in [6.45, 7) is -0.303. The Morgan fingerprint density at radius 1 is 0.879 bits per heavy atom. The molecule has 0 aliphatic carbocycles. The zero-order valence-corrected chi connectivity index (χ0v) is 17.4. The van der Waals surface area contributed by atoms with Crippen LogP contribution in [0.25, 0.3) is 6.08 Å². The normalized spacial score (nSPS) is 10.4. The van der Waals surface area contributed by atoms with Gasteiger partial charge in [0.2, 0.25) is 0 Å². The van der Waals surface area contributed by atoms with E-state index in [1.54, 1.807) is 0 Å². The first-order chi connectivity index (χ1) is 15.7. The van der Waals surface area contributed by atoms with Gasteiger partial charge in [0.25, 0.3) is 10.2 Å². The Kier molecular flexibility index (Phi) is 12.0. The van der Waals surface area contributed by atoms with Crippen LogP contribution in [0.2, 0.25) is 0 Å². The van der Waals surface area contributed by atoms with E-state index >= 15 is 0 Å². The quantitative estimate of drug-likeness (QED) is 0.0926. The van der Waals surface area contributed by atoms with Gasteiger partial charge in [0, 0.05) is 24.5 Å². The molecule has 180 valence electrons. The van der Waals surface area contributed by atoms with Gasteiger partial charge in [0.15, 0.2) is 0 Å². The number of carbonyl (C=O) groups excluding carboxylic acids is 2. The molecular formula is C19H22N2O12. The van der Waals surface area contributed by atoms with Crippen molar-refractivity contribution < 1.29 is 48.8 Å². The largest absolute Gasteiger partial charge is 0.478 e. The first-order valence-electron chi connectivity index (χ1n) is 9.68. The number of hydrogen-bond acceptors (Lipinski definition) is 11. The topological polar surface area (TPSA) is 195 Å². The van der Waals surface area contributed by atoms with E-state index in [1.807, 2.05) is 0 Å². The van der Waals surface area contributed by atoms with Crippen molar-refractivity contribution in [2.24, 2.45) is 0 Å². The molecule has 0 saturated carbocycles. The lowest BCUT2D eigenvalue weighted by atomic mass is 10.1. The second-order valence-corrected chi connectivity index (χ2v) is 6.35. The number of aliphatic carboxylic acids is 1. The summed E-state index contributed by atoms with van der Waals surface area (Å²) in [6, 6.07) is 3.98. The van der Waals surface area contributed by atoms with Crippen LogP contribution in [0.4, 0.5) is 0 Å². The van der Waals surface area contributed by atoms with Gasteiger partial charge in [-0.1, -0.05) is 0 Å². The number of ether oxygens (including phenoxy) is 2. The second-order valence-electron chi connectivity index (χ2n) is 6.35. The second kappa shape index (κ2) is 14.7. The highest BCUT2D eigenvalue weighted by atomic mass is 17.0. The minimum atomic E-state index is -1.25. The van der Waals surface area contributed by atoms with Crippen LogP contribution in [0.1, 0.15) is 44.1 Å². The summed E-state index contributed by atoms with van der Waals surface area (Å²) in [7, 11) is 0. The van der Waals surface area contributed by atoms with Gasteiger partial charge in [-0.2, -0.15) is 0 Å². The molecule has 1 rings (SSSR count). The maximum atomic E-state index is 12.0. The van der Waals surface area contributed by atoms with Crippen molar-refractivity contribution in [1.82, 2.24) is 0 Å². The van der Waals surface area contributed by atoms with Gasteiger partial charge in [0.05, 0.1) is 13.2 Å². The van der Waals surface area contributed by atoms with Crippen LogP contribution in [-0.4, -0.2) is 46.4 Å². The van der Waals surface area contributed by atoms with Gasteiger partial charge < -0.3 is 24.3 Å². The van der Waals surface area contributed by atoms with Gasteiger partial charge in [-0.3, -0.25) is 9.59 Å². The zero-order chi connectivity index (χ0) is 24.6. The summed E-state index contributed by atoms with van der Waals surface area (Å²) < 4.78 is 10.4. The monoisotopic (exact) mass is 470 g/mol. The molecule has 0 fully saturated rings. The lowest BCUT2D eigenvalue weighted by Crippen LogP contribution is -2.11. The van der Waals surface area contributed by atoms with Crippen molar-refractivity contribution in [3.63, 3.8) is 0 Å². The van der Waals surface area contributed by atoms with Gasteiger partial charge in [-0.05, 0) is 50.0 Å². The third-order valence-corrected chi connectivity index (χ3v) is 3.79. The van der Waals surface area contributed by atoms with E-state index < -0.39 is 28.1 Å². The number of carboxylic acid groups (broad SMARTS) is 1. The molecule has 14 nitrogen and oxygen atoms in total. The van der Waals surface area contributed by atoms with E-state index in [1.165, 1.54) is 18.2 Å². The summed E-state index contributed by atoms with van der Waals surface area (Å²) in [5.41, 5.74) is 0.159. The Morgan fingerprint density at radius 3 is 1.94 bits per heavy atom. The lowest BCUT2D eigenvalue weighted by molar-refractivity contribution is -0.757. The molecule has 0 radical (unpaired) electrons. The fraction of sp³-hybridized carbons (Fsp3) is 0.421. The fourth-order valence-electron chi connectivity index (χ4n) is 2.35. The number of benzene rings is 1. The minimum absolute atomic E-state index is 0.0239. The van der Waals surface area contributed by atoms with Crippen molar-refractivity contribution >= 4 is 24.0 Å². The van der Waals surface area contributed by atoms with E-state index in [-0.39, 0.29) is 62.4 Å². The Bertz CT molecular complexity index is 884. The first-order valence-corrected chi connectivity index (χ1v) is 9.68. The van der Waals surface area contributed by atoms with Gasteiger partial charge in [0.1, 0.15) is 11.5 Å². The molecule has 1 aromatic carbocycles. The SMILES string of the molecule is O=C(O)C=Cc1cc(OC(=O)CCCCO[N+](=O)[O-])ccc1OC(=O)CCCCO[N+](=O)[O-]. The molecule has 14 heteroatoms. The summed E-state index contributed by atoms with van der Waals surface area (Å²) >= 11 is 0. The van der Waals surface area contributed by atoms with Gasteiger partial charge >= 0.3 is 17.9 Å². The number of hydrogen-bond donors (Lipinski definition) is 1. The number of carbonyl (C=O) groups is 3. The summed E-state index contributed by atoms with van der Waals surface area (Å²) in [5, 5.41) is 27.1. The van der Waals surface area contributed by atoms with E-state index in [0.29, 0.717) is 6.42 Å². The predicted molar refractivity (Wildman–Crippen MR) is 108 cm³/mol. The van der Waals surface area contributed by atoms with Crippen molar-refractivity contribution in [2.75, 3.05) is 13.2 Å². The molecule has 0 aliphatic rings. The average molecular weight is 470 g/mol. The number of esters is 2. The number of nitrogens with zero attached hydrogens (tertiary/aromatic N) is 2. The van der Waals surface area contributed by atoms with Crippen LogP contribution < -0.4 is 9.47 Å². The third-order valence-electron chi connectivity index (χ3n) is 3.79. The van der Waals surface area contributed by atoms with Crippen molar-refractivity contribution in [3.8, 4) is 11.5 Å². The Morgan fingerprint density at radius 2 is 1.42 bits per heavy atom. The van der Waals surface area contributed by atoms with E-state index in [9.17, 15) is 34.6 Å². The van der Waals surface area contributed by atoms with Crippen LogP contribution in [-0.2, 0) is 24.1 Å². The number of carboxylic acids is 1. The predicted octanol–water partition coefficient (Wildman–Crippen LogP) is 2.35. The molecule has 0 heterocycles. The Balaban J connectivity index is 2.67. The van der Waals surface area contributed by atoms with E-state index in [4.69, 9.17) is 14.6 Å². The molecule has 33 heavy (non-hydrogen) atoms. The Hall–Kier alpha value is -4.23. The summed E-state index contributed by atoms with van der Waals surface area (Å²) in [4.78, 5) is 63.1. The first kappa shape index (κ1) is 26.8. The van der Waals surface area contributed by atoms with Crippen molar-refractivity contribution in [2.45, 2.75) is 38.5 Å². The highest BCUT2D eigenvalue weighted by Crippen LogP contribution is 2.26. The molecule has 0 saturated heterocycles. The third kappa shape index (κ3) is 12.9. The summed E-state index contributed by atoms with van der Waals surface area (Å²) in [6.07, 6.45) is 2.98. The minimum Gasteiger partial charge on any atom is -0.478 e. The van der Waals surface area contributed by atoms with E-state index in [2.05, 4.69) is 9.68 Å². The molecule has 0 amide bonds. The Labute approximate surface area is 186 Å². The molecule has 1 aromatic rings. The molecular weight excluding hydrogens is 448 g/mol. The maximum absolute atomic E-state index is 12.0. The van der Waals surface area contributed by atoms with Crippen LogP contribution in [0, 0.1) is 20.2 Å². The maximum Gasteiger partial charge on any atom is 0.328 e. The molecule has 0 bridgehead atoms. The van der Waals surface area contributed by atoms with Gasteiger partial charge in [-0.25, -0.2) is 4.79 Å². The fourth-order valence-corrected chi connectivity index (χ4v) is 2.35. The number of rotatable bonds is 16. The summed E-state index contributed by atoms with van der Waals surface area (Å²) in [5.74, 6) is -2.43. The lowest BCUT2D eigenvalue weighted by Gasteiger charge is -2.10. The number of unbranched alkanes of at least 4 members (excludes halogenated alkanes) is 2. The molecule has 0 atom stereocenters. The highest BCUT2D eigenvalue weighted by Gasteiger charge is 2.12. The molecule has 0 aliphatic heterocycles. The average Bonchev–Trinajstić information content (AvgIpc) is 2.72. The van der Waals surface area contributed by atoms with Crippen molar-refractivity contribution in [3.05, 3.63) is 50.1 Å². The molecule has 0 unspecified atom stereocenters. The van der Waals surface area contributed by atoms with Crippen molar-refractivity contribution in [1.29, 1.82) is 0 Å². The molecule has 0 spiro atoms. The van der Waals surface area contributed by atoms with Crippen LogP contribution in [0.5, 0.6) is 11.5 Å². The van der Waals surface area contributed by atoms with Gasteiger partial charge in [-0.15, -0.1) is 20.2 Å². The molecule has 0 aromatic heterocycles. The van der Waals surface area contributed by atoms with Crippen LogP contribution in [0.15, 0.2) is 24.3 Å². The standard InChI is InChI=1S/C19H22N2O12/c22-17(23)10-7-14-13-15(32-18(24)5-1-3-11-30-20(26)27)8-9-16(14)33-19(25)6-2-4-12-31-21(28)29/h7-10,13H,1-6,11-12H2,(H,22,23). The van der Waals surface area contributed by atoms with Crippen LogP contribution in [0.3, 0.4) is 0 Å². The highest BCUT2D eigenvalue weighted by molar-refractivity contribution is 5.86. The molecule has 1 N–H and O–H groups in total. The smallest absolute Gasteiger partial charge is 0.328 e. The van der Waals surface area contributed by atoms with E-state index in [0.717, 1.165) is 12.2 Å². The van der Waals surface area contributed by atoms with Crippen LogP contribution >= 0.6 is 0 Å².